The van der Waals surface area contributed by atoms with Gasteiger partial charge in [0.2, 0.25) is 5.91 Å². The largest absolute Gasteiger partial charge is 0.393 e. The smallest absolute Gasteiger partial charge is 0.241 e. The van der Waals surface area contributed by atoms with Gasteiger partial charge < -0.3 is 16.2 Å². The zero-order chi connectivity index (χ0) is 15.3. The van der Waals surface area contributed by atoms with Gasteiger partial charge in [-0.15, -0.1) is 12.4 Å². The average molecular weight is 315 g/mol. The summed E-state index contributed by atoms with van der Waals surface area (Å²) in [5.41, 5.74) is 7.75. The van der Waals surface area contributed by atoms with Crippen molar-refractivity contribution in [3.05, 3.63) is 35.4 Å². The molecule has 5 heteroatoms. The first-order chi connectivity index (χ1) is 9.21. The number of benzene rings is 1. The Bertz CT molecular complexity index is 444. The minimum Gasteiger partial charge on any atom is -0.393 e. The van der Waals surface area contributed by atoms with Gasteiger partial charge in [0.15, 0.2) is 0 Å². The monoisotopic (exact) mass is 314 g/mol. The molecule has 1 aromatic rings. The molecule has 0 bridgehead atoms. The summed E-state index contributed by atoms with van der Waals surface area (Å²) in [6.07, 6.45) is 0.250. The summed E-state index contributed by atoms with van der Waals surface area (Å²) in [7, 11) is 0. The SMILES string of the molecule is Cc1ccc(C(N)C(=O)NCC(C)(C)CC(C)O)cc1.Cl. The number of rotatable bonds is 6. The van der Waals surface area contributed by atoms with Crippen molar-refractivity contribution in [1.82, 2.24) is 5.32 Å². The van der Waals surface area contributed by atoms with E-state index in [-0.39, 0.29) is 29.8 Å². The average Bonchev–Trinajstić information content (AvgIpc) is 2.34. The Morgan fingerprint density at radius 2 is 1.86 bits per heavy atom. The molecule has 1 rings (SSSR count). The first-order valence-corrected chi connectivity index (χ1v) is 6.99. The second kappa shape index (κ2) is 8.37. The Morgan fingerprint density at radius 1 is 1.33 bits per heavy atom. The van der Waals surface area contributed by atoms with Crippen LogP contribution in [0.15, 0.2) is 24.3 Å². The van der Waals surface area contributed by atoms with E-state index in [1.54, 1.807) is 6.92 Å². The molecule has 2 atom stereocenters. The van der Waals surface area contributed by atoms with Crippen LogP contribution in [0.3, 0.4) is 0 Å². The van der Waals surface area contributed by atoms with Crippen molar-refractivity contribution in [2.75, 3.05) is 6.54 Å². The van der Waals surface area contributed by atoms with E-state index < -0.39 is 6.04 Å². The summed E-state index contributed by atoms with van der Waals surface area (Å²) in [4.78, 5) is 12.1. The number of aliphatic hydroxyl groups excluding tert-OH is 1. The van der Waals surface area contributed by atoms with E-state index in [0.29, 0.717) is 13.0 Å². The van der Waals surface area contributed by atoms with E-state index in [9.17, 15) is 9.90 Å². The predicted octanol–water partition coefficient (Wildman–Crippen LogP) is 2.33. The van der Waals surface area contributed by atoms with Crippen LogP contribution in [0.2, 0.25) is 0 Å². The molecule has 4 nitrogen and oxygen atoms in total. The molecule has 1 aromatic carbocycles. The third-order valence-corrected chi connectivity index (χ3v) is 3.31. The second-order valence-corrected chi connectivity index (χ2v) is 6.32. The molecular weight excluding hydrogens is 288 g/mol. The molecular formula is C16H27ClN2O2. The van der Waals surface area contributed by atoms with E-state index in [2.05, 4.69) is 5.32 Å². The van der Waals surface area contributed by atoms with Crippen LogP contribution in [0.4, 0.5) is 0 Å². The fraction of sp³-hybridized carbons (Fsp3) is 0.562. The topological polar surface area (TPSA) is 75.4 Å². The van der Waals surface area contributed by atoms with E-state index >= 15 is 0 Å². The van der Waals surface area contributed by atoms with Gasteiger partial charge in [0.1, 0.15) is 6.04 Å². The molecule has 0 spiro atoms. The van der Waals surface area contributed by atoms with E-state index in [1.807, 2.05) is 45.0 Å². The summed E-state index contributed by atoms with van der Waals surface area (Å²) < 4.78 is 0. The number of halogens is 1. The molecule has 0 radical (unpaired) electrons. The molecule has 0 aliphatic carbocycles. The van der Waals surface area contributed by atoms with Gasteiger partial charge >= 0.3 is 0 Å². The van der Waals surface area contributed by atoms with Gasteiger partial charge in [-0.3, -0.25) is 4.79 Å². The number of aryl methyl sites for hydroxylation is 1. The molecule has 0 aliphatic heterocycles. The van der Waals surface area contributed by atoms with Crippen molar-refractivity contribution in [1.29, 1.82) is 0 Å². The fourth-order valence-corrected chi connectivity index (χ4v) is 2.23. The molecule has 0 saturated heterocycles. The minimum absolute atomic E-state index is 0. The Balaban J connectivity index is 0.00000400. The van der Waals surface area contributed by atoms with Crippen molar-refractivity contribution in [3.8, 4) is 0 Å². The highest BCUT2D eigenvalue weighted by Crippen LogP contribution is 2.21. The molecule has 0 fully saturated rings. The highest BCUT2D eigenvalue weighted by Gasteiger charge is 2.23. The van der Waals surface area contributed by atoms with Crippen molar-refractivity contribution < 1.29 is 9.90 Å². The van der Waals surface area contributed by atoms with Gasteiger partial charge in [-0.25, -0.2) is 0 Å². The van der Waals surface area contributed by atoms with Crippen LogP contribution in [0, 0.1) is 12.3 Å². The van der Waals surface area contributed by atoms with Gasteiger partial charge in [0, 0.05) is 6.54 Å². The number of hydrogen-bond donors (Lipinski definition) is 3. The van der Waals surface area contributed by atoms with E-state index in [1.165, 1.54) is 0 Å². The lowest BCUT2D eigenvalue weighted by molar-refractivity contribution is -0.123. The van der Waals surface area contributed by atoms with Gasteiger partial charge in [-0.05, 0) is 31.2 Å². The first-order valence-electron chi connectivity index (χ1n) is 6.99. The lowest BCUT2D eigenvalue weighted by atomic mass is 9.87. The number of hydrogen-bond acceptors (Lipinski definition) is 3. The zero-order valence-electron chi connectivity index (χ0n) is 13.2. The molecule has 1 amide bonds. The standard InChI is InChI=1S/C16H26N2O2.ClH/c1-11-5-7-13(8-6-11)14(17)15(20)18-10-16(3,4)9-12(2)19;/h5-8,12,14,19H,9-10,17H2,1-4H3,(H,18,20);1H. The van der Waals surface area contributed by atoms with Gasteiger partial charge in [0.25, 0.3) is 0 Å². The zero-order valence-corrected chi connectivity index (χ0v) is 14.0. The first kappa shape index (κ1) is 19.9. The van der Waals surface area contributed by atoms with Gasteiger partial charge in [-0.1, -0.05) is 43.7 Å². The van der Waals surface area contributed by atoms with Crippen LogP contribution < -0.4 is 11.1 Å². The number of amides is 1. The molecule has 0 aromatic heterocycles. The molecule has 21 heavy (non-hydrogen) atoms. The summed E-state index contributed by atoms with van der Waals surface area (Å²) in [6.45, 7) is 8.26. The van der Waals surface area contributed by atoms with Crippen LogP contribution in [-0.4, -0.2) is 23.7 Å². The van der Waals surface area contributed by atoms with Gasteiger partial charge in [-0.2, -0.15) is 0 Å². The van der Waals surface area contributed by atoms with Crippen molar-refractivity contribution in [2.24, 2.45) is 11.1 Å². The Kier molecular flexibility index (Phi) is 7.93. The highest BCUT2D eigenvalue weighted by molar-refractivity contribution is 5.85. The normalized spacial score (nSPS) is 14.0. The highest BCUT2D eigenvalue weighted by atomic mass is 35.5. The fourth-order valence-electron chi connectivity index (χ4n) is 2.23. The summed E-state index contributed by atoms with van der Waals surface area (Å²) in [5, 5.41) is 12.3. The lowest BCUT2D eigenvalue weighted by Gasteiger charge is -2.27. The molecule has 2 unspecified atom stereocenters. The van der Waals surface area contributed by atoms with Crippen LogP contribution in [-0.2, 0) is 4.79 Å². The summed E-state index contributed by atoms with van der Waals surface area (Å²) in [6, 6.07) is 6.98. The summed E-state index contributed by atoms with van der Waals surface area (Å²) in [5.74, 6) is -0.187. The molecule has 120 valence electrons. The number of aliphatic hydroxyl groups is 1. The number of carbonyl (C=O) groups is 1. The second-order valence-electron chi connectivity index (χ2n) is 6.32. The van der Waals surface area contributed by atoms with Crippen LogP contribution in [0.1, 0.15) is 44.4 Å². The van der Waals surface area contributed by atoms with Crippen molar-refractivity contribution >= 4 is 18.3 Å². The maximum atomic E-state index is 12.1. The van der Waals surface area contributed by atoms with Gasteiger partial charge in [0.05, 0.1) is 6.10 Å². The molecule has 0 aliphatic rings. The van der Waals surface area contributed by atoms with E-state index in [4.69, 9.17) is 5.73 Å². The Morgan fingerprint density at radius 3 is 2.33 bits per heavy atom. The third kappa shape index (κ3) is 6.93. The minimum atomic E-state index is -0.655. The van der Waals surface area contributed by atoms with Crippen molar-refractivity contribution in [3.63, 3.8) is 0 Å². The molecule has 4 N–H and O–H groups in total. The molecule has 0 saturated carbocycles. The lowest BCUT2D eigenvalue weighted by Crippen LogP contribution is -2.40. The summed E-state index contributed by atoms with van der Waals surface area (Å²) >= 11 is 0. The maximum Gasteiger partial charge on any atom is 0.241 e. The maximum absolute atomic E-state index is 12.1. The third-order valence-electron chi connectivity index (χ3n) is 3.31. The van der Waals surface area contributed by atoms with Crippen LogP contribution >= 0.6 is 12.4 Å². The number of nitrogens with one attached hydrogen (secondary N) is 1. The van der Waals surface area contributed by atoms with Crippen LogP contribution in [0.25, 0.3) is 0 Å². The number of carbonyl (C=O) groups excluding carboxylic acids is 1. The Hall–Kier alpha value is -1.10. The Labute approximate surface area is 133 Å². The van der Waals surface area contributed by atoms with Crippen LogP contribution in [0.5, 0.6) is 0 Å². The molecule has 0 heterocycles. The predicted molar refractivity (Wildman–Crippen MR) is 88.4 cm³/mol. The van der Waals surface area contributed by atoms with Crippen molar-refractivity contribution in [2.45, 2.75) is 46.3 Å². The number of nitrogens with two attached hydrogens (primary N) is 1. The quantitative estimate of drug-likeness (QED) is 0.754. The van der Waals surface area contributed by atoms with E-state index in [0.717, 1.165) is 11.1 Å².